The van der Waals surface area contributed by atoms with Crippen molar-refractivity contribution in [1.29, 1.82) is 0 Å². The van der Waals surface area contributed by atoms with Crippen LogP contribution in [0.1, 0.15) is 13.3 Å². The minimum atomic E-state index is 0.190. The third-order valence-electron chi connectivity index (χ3n) is 2.62. The molecule has 0 aromatic heterocycles. The highest BCUT2D eigenvalue weighted by Gasteiger charge is 2.33. The van der Waals surface area contributed by atoms with Gasteiger partial charge in [0.2, 0.25) is 5.91 Å². The maximum atomic E-state index is 11.0. The van der Waals surface area contributed by atoms with Gasteiger partial charge in [-0.1, -0.05) is 6.92 Å². The van der Waals surface area contributed by atoms with E-state index >= 15 is 0 Å². The molecule has 0 spiro atoms. The predicted molar refractivity (Wildman–Crippen MR) is 42.2 cm³/mol. The molecule has 2 saturated heterocycles. The van der Waals surface area contributed by atoms with Crippen molar-refractivity contribution >= 4 is 5.91 Å². The smallest absolute Gasteiger partial charge is 0.234 e. The molecule has 0 unspecified atom stereocenters. The van der Waals surface area contributed by atoms with Gasteiger partial charge in [-0.05, 0) is 12.3 Å². The van der Waals surface area contributed by atoms with Crippen molar-refractivity contribution in [3.8, 4) is 0 Å². The Kier molecular flexibility index (Phi) is 1.60. The van der Waals surface area contributed by atoms with Gasteiger partial charge in [0.15, 0.2) is 0 Å². The first-order valence-electron chi connectivity index (χ1n) is 4.26. The second-order valence-electron chi connectivity index (χ2n) is 3.73. The highest BCUT2D eigenvalue weighted by molar-refractivity contribution is 5.78. The fraction of sp³-hybridized carbons (Fsp3) is 0.875. The molecule has 2 fully saturated rings. The summed E-state index contributed by atoms with van der Waals surface area (Å²) in [4.78, 5) is 13.3. The first kappa shape index (κ1) is 7.10. The van der Waals surface area contributed by atoms with Gasteiger partial charge in [-0.2, -0.15) is 0 Å². The Labute approximate surface area is 66.8 Å². The lowest BCUT2D eigenvalue weighted by Gasteiger charge is -2.28. The lowest BCUT2D eigenvalue weighted by Crippen LogP contribution is -2.51. The highest BCUT2D eigenvalue weighted by Crippen LogP contribution is 2.23. The number of nitrogens with zero attached hydrogens (tertiary/aromatic N) is 1. The molecule has 2 aliphatic rings. The topological polar surface area (TPSA) is 32.3 Å². The van der Waals surface area contributed by atoms with E-state index in [9.17, 15) is 4.79 Å². The van der Waals surface area contributed by atoms with Crippen LogP contribution in [0.5, 0.6) is 0 Å². The van der Waals surface area contributed by atoms with Crippen LogP contribution in [0.3, 0.4) is 0 Å². The standard InChI is InChI=1S/C8H14N2O/c1-6-2-7-3-9-8(11)5-10(7)4-6/h6-7H,2-5H2,1H3,(H,9,11)/t6-,7+/m0/s1. The number of hydrogen-bond donors (Lipinski definition) is 1. The number of piperazine rings is 1. The van der Waals surface area contributed by atoms with Crippen LogP contribution in [0.2, 0.25) is 0 Å². The Hall–Kier alpha value is -0.570. The molecule has 0 aromatic rings. The maximum Gasteiger partial charge on any atom is 0.234 e. The van der Waals surface area contributed by atoms with Crippen LogP contribution in [-0.4, -0.2) is 36.5 Å². The fourth-order valence-corrected chi connectivity index (χ4v) is 2.12. The normalized spacial score (nSPS) is 38.5. The second kappa shape index (κ2) is 2.48. The largest absolute Gasteiger partial charge is 0.353 e. The number of fused-ring (bicyclic) bond motifs is 1. The number of hydrogen-bond acceptors (Lipinski definition) is 2. The summed E-state index contributed by atoms with van der Waals surface area (Å²) in [6, 6.07) is 0.627. The van der Waals surface area contributed by atoms with Crippen LogP contribution in [-0.2, 0) is 4.79 Å². The van der Waals surface area contributed by atoms with Crippen molar-refractivity contribution < 1.29 is 4.79 Å². The summed E-state index contributed by atoms with van der Waals surface area (Å²) in [7, 11) is 0. The van der Waals surface area contributed by atoms with E-state index in [0.29, 0.717) is 12.6 Å². The lowest BCUT2D eigenvalue weighted by atomic mass is 10.1. The molecule has 0 bridgehead atoms. The molecule has 1 N–H and O–H groups in total. The minimum Gasteiger partial charge on any atom is -0.353 e. The molecule has 2 aliphatic heterocycles. The third-order valence-corrected chi connectivity index (χ3v) is 2.62. The number of carbonyl (C=O) groups is 1. The summed E-state index contributed by atoms with van der Waals surface area (Å²) < 4.78 is 0. The molecule has 3 nitrogen and oxygen atoms in total. The zero-order valence-corrected chi connectivity index (χ0v) is 6.84. The van der Waals surface area contributed by atoms with E-state index < -0.39 is 0 Å². The Morgan fingerprint density at radius 3 is 3.27 bits per heavy atom. The Bertz CT molecular complexity index is 181. The Balaban J connectivity index is 2.02. The Morgan fingerprint density at radius 1 is 1.64 bits per heavy atom. The summed E-state index contributed by atoms with van der Waals surface area (Å²) in [5.74, 6) is 0.961. The number of nitrogens with one attached hydrogen (secondary N) is 1. The summed E-state index contributed by atoms with van der Waals surface area (Å²) in [6.45, 7) is 4.85. The first-order valence-corrected chi connectivity index (χ1v) is 4.26. The third kappa shape index (κ3) is 1.25. The van der Waals surface area contributed by atoms with Crippen LogP contribution < -0.4 is 5.32 Å². The number of carbonyl (C=O) groups excluding carboxylic acids is 1. The zero-order chi connectivity index (χ0) is 7.84. The summed E-state index contributed by atoms with van der Waals surface area (Å²) in [5.41, 5.74) is 0. The van der Waals surface area contributed by atoms with E-state index in [2.05, 4.69) is 17.1 Å². The molecule has 2 heterocycles. The van der Waals surface area contributed by atoms with Crippen LogP contribution in [0.15, 0.2) is 0 Å². The van der Waals surface area contributed by atoms with Crippen molar-refractivity contribution in [2.45, 2.75) is 19.4 Å². The average molecular weight is 154 g/mol. The summed E-state index contributed by atoms with van der Waals surface area (Å²) >= 11 is 0. The average Bonchev–Trinajstić information content (AvgIpc) is 2.27. The van der Waals surface area contributed by atoms with Gasteiger partial charge in [-0.3, -0.25) is 9.69 Å². The molecular weight excluding hydrogens is 140 g/mol. The lowest BCUT2D eigenvalue weighted by molar-refractivity contribution is -0.124. The van der Waals surface area contributed by atoms with Gasteiger partial charge in [0.05, 0.1) is 6.54 Å². The van der Waals surface area contributed by atoms with Crippen LogP contribution in [0, 0.1) is 5.92 Å². The molecule has 1 amide bonds. The fourth-order valence-electron chi connectivity index (χ4n) is 2.12. The van der Waals surface area contributed by atoms with E-state index in [4.69, 9.17) is 0 Å². The molecule has 0 aliphatic carbocycles. The van der Waals surface area contributed by atoms with Crippen molar-refractivity contribution in [3.63, 3.8) is 0 Å². The first-order chi connectivity index (χ1) is 5.25. The number of amides is 1. The van der Waals surface area contributed by atoms with Gasteiger partial charge in [0, 0.05) is 19.1 Å². The summed E-state index contributed by atoms with van der Waals surface area (Å²) in [6.07, 6.45) is 1.25. The molecule has 62 valence electrons. The molecule has 3 heteroatoms. The van der Waals surface area contributed by atoms with Crippen molar-refractivity contribution in [3.05, 3.63) is 0 Å². The van der Waals surface area contributed by atoms with Crippen LogP contribution >= 0.6 is 0 Å². The van der Waals surface area contributed by atoms with Gasteiger partial charge in [-0.25, -0.2) is 0 Å². The van der Waals surface area contributed by atoms with Crippen molar-refractivity contribution in [2.75, 3.05) is 19.6 Å². The zero-order valence-electron chi connectivity index (χ0n) is 6.84. The van der Waals surface area contributed by atoms with E-state index in [1.165, 1.54) is 6.42 Å². The molecule has 0 saturated carbocycles. The molecule has 2 atom stereocenters. The molecular formula is C8H14N2O. The highest BCUT2D eigenvalue weighted by atomic mass is 16.2. The Morgan fingerprint density at radius 2 is 2.45 bits per heavy atom. The maximum absolute atomic E-state index is 11.0. The minimum absolute atomic E-state index is 0.190. The summed E-state index contributed by atoms with van der Waals surface area (Å²) in [5, 5.41) is 2.89. The quantitative estimate of drug-likeness (QED) is 0.525. The van der Waals surface area contributed by atoms with Gasteiger partial charge in [0.1, 0.15) is 0 Å². The van der Waals surface area contributed by atoms with E-state index in [1.54, 1.807) is 0 Å². The SMILES string of the molecule is C[C@H]1C[C@@H]2CNC(=O)CN2C1. The molecule has 11 heavy (non-hydrogen) atoms. The molecule has 0 aromatic carbocycles. The van der Waals surface area contributed by atoms with E-state index in [0.717, 1.165) is 19.0 Å². The molecule has 0 radical (unpaired) electrons. The second-order valence-corrected chi connectivity index (χ2v) is 3.73. The monoisotopic (exact) mass is 154 g/mol. The van der Waals surface area contributed by atoms with Crippen molar-refractivity contribution in [2.24, 2.45) is 5.92 Å². The van der Waals surface area contributed by atoms with Crippen LogP contribution in [0.4, 0.5) is 0 Å². The van der Waals surface area contributed by atoms with Crippen LogP contribution in [0.25, 0.3) is 0 Å². The van der Waals surface area contributed by atoms with Gasteiger partial charge in [-0.15, -0.1) is 0 Å². The van der Waals surface area contributed by atoms with E-state index in [-0.39, 0.29) is 5.91 Å². The van der Waals surface area contributed by atoms with Gasteiger partial charge in [0.25, 0.3) is 0 Å². The number of rotatable bonds is 0. The molecule has 2 rings (SSSR count). The van der Waals surface area contributed by atoms with E-state index in [1.807, 2.05) is 0 Å². The van der Waals surface area contributed by atoms with Gasteiger partial charge < -0.3 is 5.32 Å². The van der Waals surface area contributed by atoms with Crippen molar-refractivity contribution in [1.82, 2.24) is 10.2 Å². The van der Waals surface area contributed by atoms with Gasteiger partial charge >= 0.3 is 0 Å². The predicted octanol–water partition coefficient (Wildman–Crippen LogP) is -0.173.